The van der Waals surface area contributed by atoms with Crippen molar-refractivity contribution in [3.63, 3.8) is 0 Å². The highest BCUT2D eigenvalue weighted by atomic mass is 32.1. The first kappa shape index (κ1) is 11.0. The molecule has 0 spiro atoms. The molecule has 2 rings (SSSR count). The van der Waals surface area contributed by atoms with Crippen LogP contribution in [0.5, 0.6) is 0 Å². The van der Waals surface area contributed by atoms with E-state index in [-0.39, 0.29) is 5.41 Å². The third kappa shape index (κ3) is 2.07. The lowest BCUT2D eigenvalue weighted by Gasteiger charge is -2.39. The summed E-state index contributed by atoms with van der Waals surface area (Å²) >= 11 is 1.52. The number of aromatic nitrogens is 1. The third-order valence-corrected chi connectivity index (χ3v) is 4.35. The van der Waals surface area contributed by atoms with Gasteiger partial charge in [0.25, 0.3) is 0 Å². The minimum Gasteiger partial charge on any atom is -0.385 e. The van der Waals surface area contributed by atoms with E-state index in [0.717, 1.165) is 17.8 Å². The van der Waals surface area contributed by atoms with Crippen molar-refractivity contribution in [2.45, 2.75) is 38.2 Å². The molecule has 1 heterocycles. The van der Waals surface area contributed by atoms with E-state index >= 15 is 0 Å². The van der Waals surface area contributed by atoms with E-state index in [1.54, 1.807) is 6.20 Å². The van der Waals surface area contributed by atoms with E-state index < -0.39 is 6.10 Å². The summed E-state index contributed by atoms with van der Waals surface area (Å²) in [7, 11) is 0. The highest BCUT2D eigenvalue weighted by molar-refractivity contribution is 7.09. The van der Waals surface area contributed by atoms with Crippen molar-refractivity contribution in [2.75, 3.05) is 6.54 Å². The van der Waals surface area contributed by atoms with Crippen LogP contribution in [0, 0.1) is 5.41 Å². The van der Waals surface area contributed by atoms with Crippen LogP contribution in [0.4, 0.5) is 0 Å². The maximum atomic E-state index is 10.4. The second kappa shape index (κ2) is 4.60. The molecule has 0 saturated heterocycles. The second-order valence-electron chi connectivity index (χ2n) is 4.40. The first-order valence-electron chi connectivity index (χ1n) is 5.56. The van der Waals surface area contributed by atoms with Crippen molar-refractivity contribution < 1.29 is 5.11 Å². The average molecular weight is 226 g/mol. The molecule has 3 N–H and O–H groups in total. The Morgan fingerprint density at radius 3 is 2.73 bits per heavy atom. The van der Waals surface area contributed by atoms with Crippen molar-refractivity contribution in [1.82, 2.24) is 4.98 Å². The molecule has 15 heavy (non-hydrogen) atoms. The van der Waals surface area contributed by atoms with E-state index in [1.807, 2.05) is 5.38 Å². The Bertz CT molecular complexity index is 294. The molecule has 0 bridgehead atoms. The molecule has 1 atom stereocenters. The maximum absolute atomic E-state index is 10.4. The minimum atomic E-state index is -0.470. The fourth-order valence-corrected chi connectivity index (χ4v) is 3.24. The fourth-order valence-electron chi connectivity index (χ4n) is 2.48. The number of aliphatic hydroxyl groups excluding tert-OH is 1. The molecule has 0 amide bonds. The SMILES string of the molecule is NCC1(C(O)c2nccs2)CCCCC1. The topological polar surface area (TPSA) is 59.1 Å². The van der Waals surface area contributed by atoms with Gasteiger partial charge in [0.15, 0.2) is 0 Å². The Morgan fingerprint density at radius 2 is 2.20 bits per heavy atom. The maximum Gasteiger partial charge on any atom is 0.122 e. The van der Waals surface area contributed by atoms with Gasteiger partial charge in [-0.2, -0.15) is 0 Å². The summed E-state index contributed by atoms with van der Waals surface area (Å²) in [5.74, 6) is 0. The molecule has 1 fully saturated rings. The van der Waals surface area contributed by atoms with Crippen LogP contribution in [-0.2, 0) is 0 Å². The van der Waals surface area contributed by atoms with Crippen LogP contribution in [-0.4, -0.2) is 16.6 Å². The molecule has 1 unspecified atom stereocenters. The minimum absolute atomic E-state index is 0.115. The Kier molecular flexibility index (Phi) is 3.38. The molecule has 0 aliphatic heterocycles. The molecule has 1 saturated carbocycles. The number of hydrogen-bond acceptors (Lipinski definition) is 4. The molecule has 1 aliphatic rings. The van der Waals surface area contributed by atoms with Gasteiger partial charge in [-0.05, 0) is 12.8 Å². The fraction of sp³-hybridized carbons (Fsp3) is 0.727. The third-order valence-electron chi connectivity index (χ3n) is 3.52. The smallest absolute Gasteiger partial charge is 0.122 e. The zero-order valence-corrected chi connectivity index (χ0v) is 9.67. The molecular formula is C11H18N2OS. The van der Waals surface area contributed by atoms with Crippen LogP contribution < -0.4 is 5.73 Å². The van der Waals surface area contributed by atoms with Crippen molar-refractivity contribution in [2.24, 2.45) is 11.1 Å². The zero-order chi connectivity index (χ0) is 10.7. The number of nitrogens with two attached hydrogens (primary N) is 1. The number of nitrogens with zero attached hydrogens (tertiary/aromatic N) is 1. The summed E-state index contributed by atoms with van der Waals surface area (Å²) in [5, 5.41) is 13.1. The molecule has 0 radical (unpaired) electrons. The molecular weight excluding hydrogens is 208 g/mol. The van der Waals surface area contributed by atoms with Gasteiger partial charge in [0.05, 0.1) is 0 Å². The molecule has 3 nitrogen and oxygen atoms in total. The van der Waals surface area contributed by atoms with Gasteiger partial charge in [-0.1, -0.05) is 19.3 Å². The molecule has 1 aromatic rings. The summed E-state index contributed by atoms with van der Waals surface area (Å²) in [4.78, 5) is 4.20. The lowest BCUT2D eigenvalue weighted by molar-refractivity contribution is 0.000569. The second-order valence-corrected chi connectivity index (χ2v) is 5.33. The predicted molar refractivity (Wildman–Crippen MR) is 61.6 cm³/mol. The summed E-state index contributed by atoms with van der Waals surface area (Å²) in [6.07, 6.45) is 6.97. The largest absolute Gasteiger partial charge is 0.385 e. The highest BCUT2D eigenvalue weighted by Crippen LogP contribution is 2.45. The molecule has 1 aromatic heterocycles. The first-order valence-corrected chi connectivity index (χ1v) is 6.44. The van der Waals surface area contributed by atoms with Crippen LogP contribution in [0.3, 0.4) is 0 Å². The van der Waals surface area contributed by atoms with Crippen molar-refractivity contribution >= 4 is 11.3 Å². The quantitative estimate of drug-likeness (QED) is 0.829. The van der Waals surface area contributed by atoms with Gasteiger partial charge in [0.2, 0.25) is 0 Å². The average Bonchev–Trinajstić information content (AvgIpc) is 2.82. The van der Waals surface area contributed by atoms with E-state index in [2.05, 4.69) is 4.98 Å². The Morgan fingerprint density at radius 1 is 1.47 bits per heavy atom. The van der Waals surface area contributed by atoms with Gasteiger partial charge in [0, 0.05) is 23.5 Å². The number of aliphatic hydroxyl groups is 1. The number of hydrogen-bond donors (Lipinski definition) is 2. The standard InChI is InChI=1S/C11H18N2OS/c12-8-11(4-2-1-3-5-11)9(14)10-13-6-7-15-10/h6-7,9,14H,1-5,8,12H2. The van der Waals surface area contributed by atoms with Gasteiger partial charge >= 0.3 is 0 Å². The van der Waals surface area contributed by atoms with E-state index in [0.29, 0.717) is 6.54 Å². The number of thiazole rings is 1. The van der Waals surface area contributed by atoms with E-state index in [4.69, 9.17) is 5.73 Å². The van der Waals surface area contributed by atoms with Crippen molar-refractivity contribution in [1.29, 1.82) is 0 Å². The van der Waals surface area contributed by atoms with Crippen LogP contribution in [0.25, 0.3) is 0 Å². The van der Waals surface area contributed by atoms with Crippen LogP contribution in [0.15, 0.2) is 11.6 Å². The van der Waals surface area contributed by atoms with Crippen molar-refractivity contribution in [3.05, 3.63) is 16.6 Å². The summed E-state index contributed by atoms with van der Waals surface area (Å²) in [6, 6.07) is 0. The van der Waals surface area contributed by atoms with Crippen molar-refractivity contribution in [3.8, 4) is 0 Å². The lowest BCUT2D eigenvalue weighted by Crippen LogP contribution is -2.38. The van der Waals surface area contributed by atoms with Crippen LogP contribution in [0.1, 0.15) is 43.2 Å². The normalized spacial score (nSPS) is 22.5. The Hall–Kier alpha value is -0.450. The molecule has 1 aliphatic carbocycles. The Balaban J connectivity index is 2.18. The van der Waals surface area contributed by atoms with Crippen LogP contribution in [0.2, 0.25) is 0 Å². The monoisotopic (exact) mass is 226 g/mol. The predicted octanol–water partition coefficient (Wildman–Crippen LogP) is 2.09. The van der Waals surface area contributed by atoms with Gasteiger partial charge < -0.3 is 10.8 Å². The molecule has 84 valence electrons. The highest BCUT2D eigenvalue weighted by Gasteiger charge is 2.39. The zero-order valence-electron chi connectivity index (χ0n) is 8.85. The van der Waals surface area contributed by atoms with Gasteiger partial charge in [-0.25, -0.2) is 4.98 Å². The number of rotatable bonds is 3. The van der Waals surface area contributed by atoms with Crippen LogP contribution >= 0.6 is 11.3 Å². The molecule has 4 heteroatoms. The lowest BCUT2D eigenvalue weighted by atomic mass is 9.70. The Labute approximate surface area is 94.3 Å². The van der Waals surface area contributed by atoms with Gasteiger partial charge in [0.1, 0.15) is 11.1 Å². The van der Waals surface area contributed by atoms with Gasteiger partial charge in [-0.15, -0.1) is 11.3 Å². The van der Waals surface area contributed by atoms with Gasteiger partial charge in [-0.3, -0.25) is 0 Å². The van der Waals surface area contributed by atoms with E-state index in [1.165, 1.54) is 30.6 Å². The molecule has 0 aromatic carbocycles. The summed E-state index contributed by atoms with van der Waals surface area (Å²) in [5.41, 5.74) is 5.75. The summed E-state index contributed by atoms with van der Waals surface area (Å²) < 4.78 is 0. The van der Waals surface area contributed by atoms with E-state index in [9.17, 15) is 5.11 Å². The summed E-state index contributed by atoms with van der Waals surface area (Å²) in [6.45, 7) is 0.563. The first-order chi connectivity index (χ1) is 7.28.